The lowest BCUT2D eigenvalue weighted by Crippen LogP contribution is -2.60. The molecular weight excluding hydrogens is 840 g/mol. The third-order valence-corrected chi connectivity index (χ3v) is 16.7. The van der Waals surface area contributed by atoms with E-state index in [0.717, 1.165) is 5.69 Å². The first-order valence-electron chi connectivity index (χ1n) is 24.0. The van der Waals surface area contributed by atoms with E-state index in [4.69, 9.17) is 0 Å². The lowest BCUT2D eigenvalue weighted by Gasteiger charge is -2.43. The Morgan fingerprint density at radius 1 is 0.456 bits per heavy atom. The van der Waals surface area contributed by atoms with E-state index in [2.05, 4.69) is 261 Å². The quantitative estimate of drug-likeness (QED) is 0.163. The van der Waals surface area contributed by atoms with Crippen molar-refractivity contribution in [1.82, 2.24) is 0 Å². The molecule has 4 aliphatic rings. The second kappa shape index (κ2) is 14.4. The molecule has 0 amide bonds. The maximum absolute atomic E-state index is 2.62. The molecule has 0 unspecified atom stereocenters. The number of anilines is 6. The van der Waals surface area contributed by atoms with Gasteiger partial charge in [0.05, 0.1) is 11.1 Å². The topological polar surface area (TPSA) is 6.48 Å². The van der Waals surface area contributed by atoms with Crippen molar-refractivity contribution in [3.05, 3.63) is 245 Å². The summed E-state index contributed by atoms with van der Waals surface area (Å²) in [5.74, 6) is 0. The Labute approximate surface area is 403 Å². The molecule has 2 aliphatic carbocycles. The fourth-order valence-electron chi connectivity index (χ4n) is 12.3. The summed E-state index contributed by atoms with van der Waals surface area (Å²) >= 11 is 2.05. The lowest BCUT2D eigenvalue weighted by molar-refractivity contribution is 0.590. The zero-order chi connectivity index (χ0) is 45.5. The van der Waals surface area contributed by atoms with Crippen LogP contribution in [0.2, 0.25) is 0 Å². The summed E-state index contributed by atoms with van der Waals surface area (Å²) < 4.78 is 1.40. The predicted octanol–water partition coefficient (Wildman–Crippen LogP) is 15.1. The summed E-state index contributed by atoms with van der Waals surface area (Å²) in [4.78, 5) is 6.58. The van der Waals surface area contributed by atoms with Gasteiger partial charge in [-0.3, -0.25) is 0 Å². The standard InChI is InChI=1S/C64H47BN2S/c1-40-30-34-45(35-31-40)67-56-29-17-28-55-59(56)65(62-60(67)58-49-24-13-16-27-53(49)64(61(58)68-62)51-25-14-11-22-47(51)48-23-12-15-26-52(48)64)54-37-32-42(38-57(54)66(55)44-20-9-6-10-21-44)50-39-43(63(2,3)4)33-36-46(50)41-18-7-5-8-19-41/h5-39H,1-4H3. The van der Waals surface area contributed by atoms with Crippen LogP contribution in [0.5, 0.6) is 0 Å². The third-order valence-electron chi connectivity index (χ3n) is 15.3. The molecule has 0 saturated heterocycles. The minimum atomic E-state index is -0.446. The first-order valence-corrected chi connectivity index (χ1v) is 24.8. The Balaban J connectivity index is 1.09. The Bertz CT molecular complexity index is 3650. The molecule has 322 valence electrons. The van der Waals surface area contributed by atoms with Crippen LogP contribution < -0.4 is 25.5 Å². The molecule has 0 bridgehead atoms. The maximum atomic E-state index is 2.62. The zero-order valence-electron chi connectivity index (χ0n) is 38.6. The first kappa shape index (κ1) is 39.5. The minimum absolute atomic E-state index is 0.0110. The van der Waals surface area contributed by atoms with Crippen molar-refractivity contribution in [2.45, 2.75) is 38.5 Å². The molecule has 9 aromatic carbocycles. The van der Waals surface area contributed by atoms with Crippen LogP contribution in [0, 0.1) is 6.92 Å². The van der Waals surface area contributed by atoms with Crippen molar-refractivity contribution in [3.63, 3.8) is 0 Å². The number of rotatable bonds is 4. The summed E-state index contributed by atoms with van der Waals surface area (Å²) in [6.07, 6.45) is 0. The Kier molecular flexibility index (Phi) is 8.38. The SMILES string of the molecule is Cc1ccc(N2c3cccc4c3B(c3ccc(-c5cc(C(C)(C)C)ccc5-c5ccccc5)cc3N4c3ccccc3)c3sc4c(c32)-c2ccccc2C42c3ccccc3-c3ccccc32)cc1. The van der Waals surface area contributed by atoms with Crippen LogP contribution in [0.25, 0.3) is 44.5 Å². The van der Waals surface area contributed by atoms with Crippen molar-refractivity contribution in [2.75, 3.05) is 9.80 Å². The van der Waals surface area contributed by atoms with Crippen molar-refractivity contribution in [3.8, 4) is 44.5 Å². The van der Waals surface area contributed by atoms with E-state index in [0.29, 0.717) is 0 Å². The molecule has 1 spiro atoms. The summed E-state index contributed by atoms with van der Waals surface area (Å²) in [6.45, 7) is 9.13. The molecular formula is C64H47BN2S. The zero-order valence-corrected chi connectivity index (χ0v) is 39.4. The maximum Gasteiger partial charge on any atom is 0.264 e. The number of hydrogen-bond acceptors (Lipinski definition) is 3. The van der Waals surface area contributed by atoms with E-state index in [1.807, 2.05) is 0 Å². The van der Waals surface area contributed by atoms with Gasteiger partial charge in [-0.2, -0.15) is 0 Å². The van der Waals surface area contributed by atoms with Crippen LogP contribution in [0.15, 0.2) is 212 Å². The van der Waals surface area contributed by atoms with E-state index < -0.39 is 5.41 Å². The average Bonchev–Trinajstić information content (AvgIpc) is 4.01. The van der Waals surface area contributed by atoms with Crippen LogP contribution in [-0.2, 0) is 10.8 Å². The molecule has 2 aliphatic heterocycles. The van der Waals surface area contributed by atoms with Gasteiger partial charge >= 0.3 is 0 Å². The van der Waals surface area contributed by atoms with Crippen molar-refractivity contribution < 1.29 is 0 Å². The minimum Gasteiger partial charge on any atom is -0.311 e. The van der Waals surface area contributed by atoms with Crippen molar-refractivity contribution in [2.24, 2.45) is 0 Å². The smallest absolute Gasteiger partial charge is 0.264 e. The summed E-state index contributed by atoms with van der Waals surface area (Å²) in [6, 6.07) is 80.3. The normalized spacial score (nSPS) is 14.2. The number of nitrogens with zero attached hydrogens (tertiary/aromatic N) is 2. The van der Waals surface area contributed by atoms with Gasteiger partial charge < -0.3 is 9.80 Å². The molecule has 0 atom stereocenters. The number of fused-ring (bicyclic) bond motifs is 15. The highest BCUT2D eigenvalue weighted by Crippen LogP contribution is 2.67. The van der Waals surface area contributed by atoms with Gasteiger partial charge in [-0.25, -0.2) is 0 Å². The Morgan fingerprint density at radius 3 is 1.72 bits per heavy atom. The van der Waals surface area contributed by atoms with Crippen LogP contribution in [-0.4, -0.2) is 6.71 Å². The molecule has 2 nitrogen and oxygen atoms in total. The van der Waals surface area contributed by atoms with Gasteiger partial charge in [-0.15, -0.1) is 11.3 Å². The fourth-order valence-corrected chi connectivity index (χ4v) is 13.9. The molecule has 1 aromatic heterocycles. The molecule has 10 aromatic rings. The highest BCUT2D eigenvalue weighted by Gasteiger charge is 2.56. The summed E-state index contributed by atoms with van der Waals surface area (Å²) in [5, 5.41) is 0. The Hall–Kier alpha value is -7.66. The van der Waals surface area contributed by atoms with Crippen LogP contribution in [0.4, 0.5) is 34.1 Å². The monoisotopic (exact) mass is 886 g/mol. The molecule has 0 radical (unpaired) electrons. The second-order valence-electron chi connectivity index (χ2n) is 20.0. The van der Waals surface area contributed by atoms with Crippen molar-refractivity contribution in [1.29, 1.82) is 0 Å². The summed E-state index contributed by atoms with van der Waals surface area (Å²) in [5.41, 5.74) is 26.5. The molecule has 0 N–H and O–H groups in total. The highest BCUT2D eigenvalue weighted by atomic mass is 32.1. The lowest BCUT2D eigenvalue weighted by atomic mass is 9.36. The van der Waals surface area contributed by atoms with Crippen LogP contribution in [0.3, 0.4) is 0 Å². The third kappa shape index (κ3) is 5.35. The fraction of sp³-hybridized carbons (Fsp3) is 0.0938. The molecule has 0 fully saturated rings. The van der Waals surface area contributed by atoms with E-state index in [1.165, 1.54) is 121 Å². The number of aryl methyl sites for hydroxylation is 1. The molecule has 0 saturated carbocycles. The van der Waals surface area contributed by atoms with Gasteiger partial charge in [0.2, 0.25) is 0 Å². The number of para-hydroxylation sites is 1. The predicted molar refractivity (Wildman–Crippen MR) is 289 cm³/mol. The molecule has 68 heavy (non-hydrogen) atoms. The van der Waals surface area contributed by atoms with Crippen LogP contribution in [0.1, 0.15) is 53.5 Å². The van der Waals surface area contributed by atoms with E-state index in [-0.39, 0.29) is 12.1 Å². The van der Waals surface area contributed by atoms with E-state index in [9.17, 15) is 0 Å². The van der Waals surface area contributed by atoms with E-state index in [1.54, 1.807) is 0 Å². The van der Waals surface area contributed by atoms with E-state index >= 15 is 0 Å². The molecule has 3 heterocycles. The largest absolute Gasteiger partial charge is 0.311 e. The number of hydrogen-bond donors (Lipinski definition) is 0. The second-order valence-corrected chi connectivity index (χ2v) is 21.1. The van der Waals surface area contributed by atoms with Gasteiger partial charge in [0.1, 0.15) is 0 Å². The van der Waals surface area contributed by atoms with Gasteiger partial charge in [0, 0.05) is 43.7 Å². The first-order chi connectivity index (χ1) is 33.3. The van der Waals surface area contributed by atoms with Gasteiger partial charge in [0.25, 0.3) is 6.71 Å². The number of benzene rings is 9. The highest BCUT2D eigenvalue weighted by molar-refractivity contribution is 7.30. The summed E-state index contributed by atoms with van der Waals surface area (Å²) in [7, 11) is 0. The van der Waals surface area contributed by atoms with Crippen molar-refractivity contribution >= 4 is 67.9 Å². The van der Waals surface area contributed by atoms with Gasteiger partial charge in [0.15, 0.2) is 0 Å². The molecule has 14 rings (SSSR count). The van der Waals surface area contributed by atoms with Gasteiger partial charge in [-0.05, 0) is 127 Å². The molecule has 4 heteroatoms. The average molecular weight is 887 g/mol. The number of thiophene rings is 1. The van der Waals surface area contributed by atoms with Gasteiger partial charge in [-0.1, -0.05) is 196 Å². The van der Waals surface area contributed by atoms with Crippen LogP contribution >= 0.6 is 11.3 Å². The Morgan fingerprint density at radius 2 is 1.04 bits per heavy atom.